The van der Waals surface area contributed by atoms with Crippen LogP contribution in [-0.4, -0.2) is 120 Å². The average molecular weight is 828 g/mol. The lowest BCUT2D eigenvalue weighted by Gasteiger charge is -2.54. The smallest absolute Gasteiger partial charge is 0.408 e. The lowest BCUT2D eigenvalue weighted by molar-refractivity contribution is -0.178. The van der Waals surface area contributed by atoms with Crippen LogP contribution in [0.5, 0.6) is 11.6 Å². The summed E-state index contributed by atoms with van der Waals surface area (Å²) in [4.78, 5) is 64.5. The van der Waals surface area contributed by atoms with Gasteiger partial charge in [-0.2, -0.15) is 0 Å². The van der Waals surface area contributed by atoms with Gasteiger partial charge in [-0.3, -0.25) is 24.0 Å². The fraction of sp³-hybridized carbons (Fsp3) is 0.634. The second-order valence-corrected chi connectivity index (χ2v) is 19.4. The van der Waals surface area contributed by atoms with Gasteiger partial charge in [-0.1, -0.05) is 58.0 Å². The van der Waals surface area contributed by atoms with E-state index >= 15 is 4.79 Å². The molecule has 2 saturated heterocycles. The van der Waals surface area contributed by atoms with Crippen molar-refractivity contribution >= 4 is 44.6 Å². The number of rotatable bonds is 10. The summed E-state index contributed by atoms with van der Waals surface area (Å²) in [5.41, 5.74) is -2.69. The van der Waals surface area contributed by atoms with E-state index in [4.69, 9.17) is 14.2 Å². The third-order valence-corrected chi connectivity index (χ3v) is 15.3. The summed E-state index contributed by atoms with van der Waals surface area (Å²) in [6, 6.07) is 4.86. The molecule has 4 fully saturated rings. The number of fused-ring (bicyclic) bond motifs is 3. The maximum atomic E-state index is 15.3. The Hall–Kier alpha value is -4.51. The molecule has 15 nitrogen and oxygen atoms in total. The molecule has 2 aliphatic carbocycles. The van der Waals surface area contributed by atoms with E-state index in [2.05, 4.69) is 15.0 Å². The average Bonchev–Trinajstić information content (AvgIpc) is 4.06. The third-order valence-electron chi connectivity index (χ3n) is 13.2. The molecule has 3 N–H and O–H groups in total. The predicted molar refractivity (Wildman–Crippen MR) is 210 cm³/mol. The first-order valence-corrected chi connectivity index (χ1v) is 21.6. The maximum Gasteiger partial charge on any atom is 0.408 e. The van der Waals surface area contributed by atoms with Gasteiger partial charge in [-0.15, -0.1) is 0 Å². The van der Waals surface area contributed by atoms with Crippen LogP contribution in [0.2, 0.25) is 0 Å². The minimum absolute atomic E-state index is 0.0515. The van der Waals surface area contributed by atoms with Crippen molar-refractivity contribution in [3.05, 3.63) is 42.6 Å². The van der Waals surface area contributed by atoms with Crippen LogP contribution in [0.1, 0.15) is 72.6 Å². The van der Waals surface area contributed by atoms with Crippen molar-refractivity contribution in [1.82, 2.24) is 24.8 Å². The lowest BCUT2D eigenvalue weighted by atomic mass is 9.78. The van der Waals surface area contributed by atoms with Crippen LogP contribution in [-0.2, 0) is 29.1 Å². The first-order chi connectivity index (χ1) is 27.5. The van der Waals surface area contributed by atoms with Crippen molar-refractivity contribution < 1.29 is 51.3 Å². The minimum atomic E-state index is -4.41. The van der Waals surface area contributed by atoms with Crippen molar-refractivity contribution in [1.29, 1.82) is 0 Å². The number of carbonyl (C=O) groups is 4. The number of nitrogens with one attached hydrogen (secondary N) is 2. The zero-order valence-corrected chi connectivity index (χ0v) is 34.4. The zero-order chi connectivity index (χ0) is 41.8. The Morgan fingerprint density at radius 3 is 2.47 bits per heavy atom. The first kappa shape index (κ1) is 41.6. The number of carbonyl (C=O) groups excluding carboxylic acids is 3. The Kier molecular flexibility index (Phi) is 11.2. The summed E-state index contributed by atoms with van der Waals surface area (Å²) in [6.45, 7) is 6.63. The zero-order valence-electron chi connectivity index (χ0n) is 33.6. The summed E-state index contributed by atoms with van der Waals surface area (Å²) in [6.07, 6.45) is 5.08. The Balaban J connectivity index is 1.28. The maximum absolute atomic E-state index is 15.3. The summed E-state index contributed by atoms with van der Waals surface area (Å²) < 4.78 is 58.4. The molecule has 1 aromatic heterocycles. The number of methoxy groups -OCH3 is 1. The predicted octanol–water partition coefficient (Wildman–Crippen LogP) is 4.20. The number of ether oxygens (including phenoxy) is 3. The molecule has 0 radical (unpaired) electrons. The molecular formula is C41H54FN5O10S. The quantitative estimate of drug-likeness (QED) is 0.291. The fourth-order valence-corrected chi connectivity index (χ4v) is 10.5. The van der Waals surface area contributed by atoms with Crippen molar-refractivity contribution in [3.63, 3.8) is 0 Å². The third kappa shape index (κ3) is 7.26. The number of pyridine rings is 1. The summed E-state index contributed by atoms with van der Waals surface area (Å²) in [5, 5.41) is 15.1. The number of nitrogens with zero attached hydrogens (tertiary/aromatic N) is 3. The van der Waals surface area contributed by atoms with Gasteiger partial charge >= 0.3 is 6.09 Å². The second-order valence-electron chi connectivity index (χ2n) is 17.4. The van der Waals surface area contributed by atoms with Gasteiger partial charge in [0.2, 0.25) is 27.7 Å². The Morgan fingerprint density at radius 1 is 1.16 bits per heavy atom. The van der Waals surface area contributed by atoms with Gasteiger partial charge in [0.25, 0.3) is 5.91 Å². The number of allylic oxidation sites excluding steroid dienone is 1. The van der Waals surface area contributed by atoms with Gasteiger partial charge < -0.3 is 29.5 Å². The highest BCUT2D eigenvalue weighted by molar-refractivity contribution is 7.91. The monoisotopic (exact) mass is 827 g/mol. The molecule has 58 heavy (non-hydrogen) atoms. The van der Waals surface area contributed by atoms with E-state index in [1.807, 2.05) is 58.0 Å². The highest BCUT2D eigenvalue weighted by Crippen LogP contribution is 2.48. The molecule has 4 amide bonds. The highest BCUT2D eigenvalue weighted by Gasteiger charge is 2.64. The second kappa shape index (κ2) is 15.6. The molecular weight excluding hydrogens is 774 g/mol. The van der Waals surface area contributed by atoms with Crippen molar-refractivity contribution in [2.24, 2.45) is 23.7 Å². The SMILES string of the molecule is COc1cnc(O[C@@H]2C[C@H]3C(=O)N[C@]4(C(=O)NS(=O)(=O)C5(CF)CC5)C[C@H]4C=CCC[C@@H](C)C[C@@H](C)[C@H](N(C(=O)O)C4(C(C)C)COC4)C(=O)N3C2)c2ccccc12. The molecule has 316 valence electrons. The lowest BCUT2D eigenvalue weighted by Crippen LogP contribution is -2.72. The molecule has 7 atom stereocenters. The van der Waals surface area contributed by atoms with Crippen LogP contribution in [0.15, 0.2) is 42.6 Å². The van der Waals surface area contributed by atoms with Gasteiger partial charge in [0, 0.05) is 23.1 Å². The largest absolute Gasteiger partial charge is 0.494 e. The molecule has 5 aliphatic rings. The normalized spacial score (nSPS) is 30.5. The van der Waals surface area contributed by atoms with Gasteiger partial charge in [-0.05, 0) is 62.3 Å². The Labute approximate surface area is 338 Å². The van der Waals surface area contributed by atoms with Gasteiger partial charge in [0.15, 0.2) is 0 Å². The van der Waals surface area contributed by atoms with Gasteiger partial charge in [0.1, 0.15) is 40.9 Å². The summed E-state index contributed by atoms with van der Waals surface area (Å²) in [5.74, 6) is -2.75. The van der Waals surface area contributed by atoms with E-state index in [0.29, 0.717) is 30.4 Å². The van der Waals surface area contributed by atoms with E-state index in [1.54, 1.807) is 6.08 Å². The molecule has 4 heterocycles. The van der Waals surface area contributed by atoms with Gasteiger partial charge in [0.05, 0.1) is 38.6 Å². The van der Waals surface area contributed by atoms with Crippen LogP contribution in [0.25, 0.3) is 10.8 Å². The fourth-order valence-electron chi connectivity index (χ4n) is 9.10. The minimum Gasteiger partial charge on any atom is -0.494 e. The van der Waals surface area contributed by atoms with E-state index < -0.39 is 86.4 Å². The van der Waals surface area contributed by atoms with E-state index in [-0.39, 0.29) is 63.2 Å². The van der Waals surface area contributed by atoms with Crippen molar-refractivity contribution in [2.75, 3.05) is 33.5 Å². The first-order valence-electron chi connectivity index (χ1n) is 20.1. The van der Waals surface area contributed by atoms with E-state index in [9.17, 15) is 32.3 Å². The summed E-state index contributed by atoms with van der Waals surface area (Å²) in [7, 11) is -2.88. The molecule has 0 unspecified atom stereocenters. The van der Waals surface area contributed by atoms with Crippen LogP contribution in [0.3, 0.4) is 0 Å². The molecule has 2 aromatic rings. The topological polar surface area (TPSA) is 194 Å². The van der Waals surface area contributed by atoms with Crippen molar-refractivity contribution in [3.8, 4) is 11.6 Å². The van der Waals surface area contributed by atoms with E-state index in [0.717, 1.165) is 5.39 Å². The number of alkyl halides is 1. The molecule has 17 heteroatoms. The Bertz CT molecular complexity index is 2090. The van der Waals surface area contributed by atoms with E-state index in [1.165, 1.54) is 23.1 Å². The highest BCUT2D eigenvalue weighted by atomic mass is 32.2. The number of hydrogen-bond acceptors (Lipinski definition) is 10. The number of benzene rings is 1. The molecule has 3 aliphatic heterocycles. The molecule has 0 spiro atoms. The van der Waals surface area contributed by atoms with Gasteiger partial charge in [-0.25, -0.2) is 22.6 Å². The standard InChI is InChI=1S/C41H54FN5O10S/c1-24(2)40(22-56-23-40)47(38(51)52)33-26(4)16-25(3)10-6-7-11-27-18-41(27,37(50)45-58(53,54)39(21-42)14-15-39)44-34(48)31-17-28(20-46(31)36(33)49)57-35-30-13-9-8-12-29(30)32(55-5)19-43-35/h7-9,11-13,19,24-28,31,33H,6,10,14-18,20-23H2,1-5H3,(H,44,48)(H,45,50)(H,51,52)/t25-,26-,27-,28-,31+,33+,41-/m1/s1. The number of sulfonamides is 1. The number of aromatic nitrogens is 1. The van der Waals surface area contributed by atoms with Crippen molar-refractivity contribution in [2.45, 2.75) is 107 Å². The molecule has 0 bridgehead atoms. The molecule has 2 saturated carbocycles. The Morgan fingerprint density at radius 2 is 1.86 bits per heavy atom. The van der Waals surface area contributed by atoms with Crippen LogP contribution >= 0.6 is 0 Å². The number of halogens is 1. The van der Waals surface area contributed by atoms with Crippen LogP contribution in [0, 0.1) is 23.7 Å². The molecule has 7 rings (SSSR count). The number of carboxylic acid groups (broad SMARTS) is 1. The number of amides is 4. The van der Waals surface area contributed by atoms with Crippen LogP contribution in [0.4, 0.5) is 9.18 Å². The summed E-state index contributed by atoms with van der Waals surface area (Å²) >= 11 is 0. The van der Waals surface area contributed by atoms with Crippen LogP contribution < -0.4 is 19.5 Å². The molecule has 1 aromatic carbocycles. The number of hydrogen-bond donors (Lipinski definition) is 3.